The molecular weight excluding hydrogens is 332 g/mol. The molecule has 4 rings (SSSR count). The van der Waals surface area contributed by atoms with Gasteiger partial charge in [-0.25, -0.2) is 9.97 Å². The highest BCUT2D eigenvalue weighted by Gasteiger charge is 2.37. The number of fused-ring (bicyclic) bond motifs is 1. The molecule has 7 heteroatoms. The maximum absolute atomic E-state index is 12.9. The van der Waals surface area contributed by atoms with Gasteiger partial charge in [-0.3, -0.25) is 4.79 Å². The minimum Gasteiger partial charge on any atom is -0.482 e. The Morgan fingerprint density at radius 3 is 2.58 bits per heavy atom. The van der Waals surface area contributed by atoms with Crippen molar-refractivity contribution in [2.45, 2.75) is 38.0 Å². The third-order valence-corrected chi connectivity index (χ3v) is 4.83. The van der Waals surface area contributed by atoms with Crippen LogP contribution in [-0.4, -0.2) is 52.1 Å². The molecule has 1 amide bonds. The summed E-state index contributed by atoms with van der Waals surface area (Å²) in [6.45, 7) is 3.26. The molecule has 1 aromatic carbocycles. The molecule has 1 fully saturated rings. The van der Waals surface area contributed by atoms with Crippen LogP contribution in [0.1, 0.15) is 19.8 Å². The van der Waals surface area contributed by atoms with Crippen LogP contribution < -0.4 is 14.8 Å². The fraction of sp³-hybridized carbons (Fsp3) is 0.421. The highest BCUT2D eigenvalue weighted by Crippen LogP contribution is 2.34. The van der Waals surface area contributed by atoms with E-state index < -0.39 is 6.10 Å². The monoisotopic (exact) mass is 354 g/mol. The van der Waals surface area contributed by atoms with Gasteiger partial charge in [-0.15, -0.1) is 0 Å². The summed E-state index contributed by atoms with van der Waals surface area (Å²) in [5, 5.41) is 3.40. The lowest BCUT2D eigenvalue weighted by molar-refractivity contribution is -0.145. The molecule has 0 bridgehead atoms. The van der Waals surface area contributed by atoms with Crippen molar-refractivity contribution in [3.63, 3.8) is 0 Å². The molecule has 136 valence electrons. The van der Waals surface area contributed by atoms with Gasteiger partial charge in [0.1, 0.15) is 18.2 Å². The van der Waals surface area contributed by atoms with Crippen molar-refractivity contribution >= 4 is 11.7 Å². The third-order valence-electron chi connectivity index (χ3n) is 4.83. The summed E-state index contributed by atoms with van der Waals surface area (Å²) in [5.41, 5.74) is 0. The van der Waals surface area contributed by atoms with Crippen molar-refractivity contribution in [2.24, 2.45) is 0 Å². The van der Waals surface area contributed by atoms with Crippen LogP contribution in [-0.2, 0) is 4.79 Å². The molecule has 0 saturated carbocycles. The van der Waals surface area contributed by atoms with Crippen LogP contribution in [0, 0.1) is 0 Å². The number of para-hydroxylation sites is 2. The number of hydrogen-bond acceptors (Lipinski definition) is 6. The second-order valence-electron chi connectivity index (χ2n) is 6.65. The maximum Gasteiger partial charge on any atom is 0.267 e. The van der Waals surface area contributed by atoms with Crippen molar-refractivity contribution < 1.29 is 14.3 Å². The predicted molar refractivity (Wildman–Crippen MR) is 96.2 cm³/mol. The SMILES string of the molecule is CC1Oc2ccccc2OC1C(=O)N1CCC(Nc2ccncn2)CC1. The van der Waals surface area contributed by atoms with E-state index in [1.165, 1.54) is 6.33 Å². The molecule has 2 aliphatic rings. The average molecular weight is 354 g/mol. The topological polar surface area (TPSA) is 76.6 Å². The maximum atomic E-state index is 12.9. The minimum absolute atomic E-state index is 0.00695. The fourth-order valence-corrected chi connectivity index (χ4v) is 3.40. The van der Waals surface area contributed by atoms with Gasteiger partial charge < -0.3 is 19.7 Å². The zero-order valence-electron chi connectivity index (χ0n) is 14.7. The van der Waals surface area contributed by atoms with Crippen LogP contribution in [0.25, 0.3) is 0 Å². The van der Waals surface area contributed by atoms with Crippen molar-refractivity contribution in [3.05, 3.63) is 42.9 Å². The van der Waals surface area contributed by atoms with Gasteiger partial charge in [0.25, 0.3) is 5.91 Å². The molecular formula is C19H22N4O3. The first kappa shape index (κ1) is 16.6. The molecule has 0 aliphatic carbocycles. The van der Waals surface area contributed by atoms with Gasteiger partial charge in [-0.05, 0) is 38.0 Å². The van der Waals surface area contributed by atoms with E-state index in [4.69, 9.17) is 9.47 Å². The Kier molecular flexibility index (Phi) is 4.60. The van der Waals surface area contributed by atoms with Crippen LogP contribution in [0.15, 0.2) is 42.9 Å². The van der Waals surface area contributed by atoms with Gasteiger partial charge in [-0.2, -0.15) is 0 Å². The highest BCUT2D eigenvalue weighted by molar-refractivity contribution is 5.82. The number of hydrogen-bond donors (Lipinski definition) is 1. The second-order valence-corrected chi connectivity index (χ2v) is 6.65. The van der Waals surface area contributed by atoms with Gasteiger partial charge >= 0.3 is 0 Å². The molecule has 2 aromatic rings. The number of ether oxygens (including phenoxy) is 2. The van der Waals surface area contributed by atoms with E-state index in [1.807, 2.05) is 42.2 Å². The first-order chi connectivity index (χ1) is 12.7. The van der Waals surface area contributed by atoms with Gasteiger partial charge in [-0.1, -0.05) is 12.1 Å². The quantitative estimate of drug-likeness (QED) is 0.910. The number of piperidine rings is 1. The van der Waals surface area contributed by atoms with E-state index in [0.29, 0.717) is 30.6 Å². The summed E-state index contributed by atoms with van der Waals surface area (Å²) in [4.78, 5) is 22.9. The Bertz CT molecular complexity index is 762. The molecule has 26 heavy (non-hydrogen) atoms. The number of carbonyl (C=O) groups is 1. The number of nitrogens with one attached hydrogen (secondary N) is 1. The Balaban J connectivity index is 1.35. The summed E-state index contributed by atoms with van der Waals surface area (Å²) >= 11 is 0. The van der Waals surface area contributed by atoms with Crippen molar-refractivity contribution in [1.29, 1.82) is 0 Å². The molecule has 7 nitrogen and oxygen atoms in total. The number of carbonyl (C=O) groups excluding carboxylic acids is 1. The molecule has 2 unspecified atom stereocenters. The van der Waals surface area contributed by atoms with E-state index >= 15 is 0 Å². The van der Waals surface area contributed by atoms with Crippen LogP contribution in [0.5, 0.6) is 11.5 Å². The molecule has 1 N–H and O–H groups in total. The smallest absolute Gasteiger partial charge is 0.267 e. The van der Waals surface area contributed by atoms with Crippen molar-refractivity contribution in [3.8, 4) is 11.5 Å². The lowest BCUT2D eigenvalue weighted by atomic mass is 10.0. The summed E-state index contributed by atoms with van der Waals surface area (Å²) in [6, 6.07) is 9.62. The molecule has 1 aromatic heterocycles. The molecule has 1 saturated heterocycles. The van der Waals surface area contributed by atoms with Gasteiger partial charge in [0.2, 0.25) is 6.10 Å². The lowest BCUT2D eigenvalue weighted by Gasteiger charge is -2.37. The van der Waals surface area contributed by atoms with Crippen molar-refractivity contribution in [1.82, 2.24) is 14.9 Å². The molecule has 0 radical (unpaired) electrons. The number of benzene rings is 1. The highest BCUT2D eigenvalue weighted by atomic mass is 16.6. The summed E-state index contributed by atoms with van der Waals surface area (Å²) in [7, 11) is 0. The largest absolute Gasteiger partial charge is 0.482 e. The Hall–Kier alpha value is -2.83. The number of amides is 1. The van der Waals surface area contributed by atoms with Gasteiger partial charge in [0.05, 0.1) is 0 Å². The first-order valence-electron chi connectivity index (χ1n) is 8.94. The van der Waals surface area contributed by atoms with E-state index in [-0.39, 0.29) is 12.0 Å². The number of nitrogens with zero attached hydrogens (tertiary/aromatic N) is 3. The van der Waals surface area contributed by atoms with Crippen LogP contribution in [0.3, 0.4) is 0 Å². The van der Waals surface area contributed by atoms with Crippen LogP contribution >= 0.6 is 0 Å². The normalized spacial score (nSPS) is 22.7. The number of anilines is 1. The third kappa shape index (κ3) is 3.42. The van der Waals surface area contributed by atoms with Gasteiger partial charge in [0, 0.05) is 25.3 Å². The molecule has 2 aliphatic heterocycles. The number of rotatable bonds is 3. The fourth-order valence-electron chi connectivity index (χ4n) is 3.40. The summed E-state index contributed by atoms with van der Waals surface area (Å²) in [6.07, 6.45) is 4.07. The zero-order chi connectivity index (χ0) is 17.9. The molecule has 3 heterocycles. The van der Waals surface area contributed by atoms with E-state index in [9.17, 15) is 4.79 Å². The standard InChI is InChI=1S/C19H22N4O3/c1-13-18(26-16-5-3-2-4-15(16)25-13)19(24)23-10-7-14(8-11-23)22-17-6-9-20-12-21-17/h2-6,9,12-14,18H,7-8,10-11H2,1H3,(H,20,21,22). The molecule has 0 spiro atoms. The summed E-state index contributed by atoms with van der Waals surface area (Å²) in [5.74, 6) is 2.13. The van der Waals surface area contributed by atoms with Crippen LogP contribution in [0.2, 0.25) is 0 Å². The summed E-state index contributed by atoms with van der Waals surface area (Å²) < 4.78 is 11.8. The second kappa shape index (κ2) is 7.19. The zero-order valence-corrected chi connectivity index (χ0v) is 14.7. The minimum atomic E-state index is -0.601. The number of aromatic nitrogens is 2. The van der Waals surface area contributed by atoms with E-state index in [2.05, 4.69) is 15.3 Å². The first-order valence-corrected chi connectivity index (χ1v) is 8.94. The Morgan fingerprint density at radius 2 is 1.88 bits per heavy atom. The lowest BCUT2D eigenvalue weighted by Crippen LogP contribution is -2.53. The van der Waals surface area contributed by atoms with Crippen LogP contribution in [0.4, 0.5) is 5.82 Å². The van der Waals surface area contributed by atoms with E-state index in [0.717, 1.165) is 18.7 Å². The van der Waals surface area contributed by atoms with Crippen molar-refractivity contribution in [2.75, 3.05) is 18.4 Å². The molecule has 2 atom stereocenters. The van der Waals surface area contributed by atoms with E-state index in [1.54, 1.807) is 6.20 Å². The Labute approximate surface area is 152 Å². The predicted octanol–water partition coefficient (Wildman–Crippen LogP) is 2.11. The Morgan fingerprint density at radius 1 is 1.15 bits per heavy atom. The van der Waals surface area contributed by atoms with Gasteiger partial charge in [0.15, 0.2) is 11.5 Å². The number of likely N-dealkylation sites (tertiary alicyclic amines) is 1. The average Bonchev–Trinajstić information content (AvgIpc) is 2.68.